The molecule has 6 aromatic carbocycles. The van der Waals surface area contributed by atoms with Crippen LogP contribution in [0.1, 0.15) is 25.0 Å². The van der Waals surface area contributed by atoms with Gasteiger partial charge < -0.3 is 0 Å². The molecule has 8 aromatic rings. The number of rotatable bonds is 4. The maximum atomic E-state index is 5.31. The van der Waals surface area contributed by atoms with Crippen LogP contribution in [0.15, 0.2) is 133 Å². The molecule has 0 amide bonds. The van der Waals surface area contributed by atoms with Gasteiger partial charge in [0.1, 0.15) is 0 Å². The van der Waals surface area contributed by atoms with Crippen molar-refractivity contribution < 1.29 is 0 Å². The van der Waals surface area contributed by atoms with Gasteiger partial charge in [0.25, 0.3) is 0 Å². The van der Waals surface area contributed by atoms with Gasteiger partial charge in [-0.1, -0.05) is 0 Å². The van der Waals surface area contributed by atoms with Crippen molar-refractivity contribution in [3.05, 3.63) is 145 Å². The minimum atomic E-state index is -0.0492. The minimum absolute atomic E-state index is 0.0492. The van der Waals surface area contributed by atoms with Gasteiger partial charge in [-0.2, -0.15) is 0 Å². The van der Waals surface area contributed by atoms with E-state index >= 15 is 0 Å². The Hall–Kier alpha value is -5.22. The Labute approximate surface area is 273 Å². The van der Waals surface area contributed by atoms with Gasteiger partial charge in [0.15, 0.2) is 0 Å². The van der Waals surface area contributed by atoms with Gasteiger partial charge >= 0.3 is 274 Å². The van der Waals surface area contributed by atoms with Crippen LogP contribution < -0.4 is 0 Å². The van der Waals surface area contributed by atoms with E-state index in [1.54, 1.807) is 0 Å². The van der Waals surface area contributed by atoms with E-state index in [1.165, 1.54) is 37.5 Å². The average molecular weight is 656 g/mol. The molecule has 0 fully saturated rings. The first-order chi connectivity index (χ1) is 22.5. The Morgan fingerprint density at radius 2 is 1.04 bits per heavy atom. The number of fused-ring (bicyclic) bond motifs is 6. The van der Waals surface area contributed by atoms with Crippen LogP contribution in [-0.2, 0) is 5.41 Å². The number of aromatic nitrogens is 4. The molecule has 0 saturated heterocycles. The Morgan fingerprint density at radius 1 is 0.457 bits per heavy atom. The Kier molecular flexibility index (Phi) is 6.14. The summed E-state index contributed by atoms with van der Waals surface area (Å²) in [5.74, 6) is 1.97. The molecule has 5 heteroatoms. The van der Waals surface area contributed by atoms with Gasteiger partial charge in [0, 0.05) is 0 Å². The zero-order valence-electron chi connectivity index (χ0n) is 25.4. The summed E-state index contributed by atoms with van der Waals surface area (Å²) in [5.41, 5.74) is 10.5. The molecule has 0 aliphatic heterocycles. The second-order valence-corrected chi connectivity index (χ2v) is 14.4. The topological polar surface area (TPSA) is 51.6 Å². The molecule has 0 radical (unpaired) electrons. The molecule has 0 N–H and O–H groups in total. The summed E-state index contributed by atoms with van der Waals surface area (Å²) >= 11 is 0.0563. The molecule has 0 bridgehead atoms. The number of hydrogen-bond acceptors (Lipinski definition) is 4. The fourth-order valence-electron chi connectivity index (χ4n) is 6.83. The van der Waals surface area contributed by atoms with Crippen LogP contribution in [0.2, 0.25) is 0 Å². The van der Waals surface area contributed by atoms with Crippen LogP contribution in [0.3, 0.4) is 0 Å². The molecule has 1 aliphatic carbocycles. The maximum absolute atomic E-state index is 5.31. The van der Waals surface area contributed by atoms with Gasteiger partial charge in [-0.15, -0.1) is 0 Å². The first-order valence-corrected chi connectivity index (χ1v) is 17.2. The van der Waals surface area contributed by atoms with E-state index < -0.39 is 0 Å². The van der Waals surface area contributed by atoms with Crippen LogP contribution in [0.25, 0.3) is 76.0 Å². The predicted octanol–water partition coefficient (Wildman–Crippen LogP) is 9.60. The molecule has 218 valence electrons. The zero-order valence-corrected chi connectivity index (χ0v) is 27.1. The molecule has 4 nitrogen and oxygen atoms in total. The van der Waals surface area contributed by atoms with E-state index in [9.17, 15) is 0 Å². The molecule has 1 aliphatic rings. The molecule has 9 rings (SSSR count). The SMILES string of the molecule is CC1(C)c2ccccc2-c2ccc(-c3nc4cc(-c5nc(-c6ccccc6)nc(-c6ccccc6)n5)c5ccccc5c4[se]3)cc21. The predicted molar refractivity (Wildman–Crippen MR) is 189 cm³/mol. The van der Waals surface area contributed by atoms with Crippen LogP contribution in [-0.4, -0.2) is 34.4 Å². The van der Waals surface area contributed by atoms with Gasteiger partial charge in [0.2, 0.25) is 0 Å². The monoisotopic (exact) mass is 656 g/mol. The molecular formula is C41H28N4Se. The molecular weight excluding hydrogens is 627 g/mol. The molecule has 2 heterocycles. The zero-order chi connectivity index (χ0) is 30.8. The summed E-state index contributed by atoms with van der Waals surface area (Å²) in [5, 5.41) is 2.35. The van der Waals surface area contributed by atoms with E-state index in [0.717, 1.165) is 32.2 Å². The quantitative estimate of drug-likeness (QED) is 0.177. The number of nitrogens with zero attached hydrogens (tertiary/aromatic N) is 4. The van der Waals surface area contributed by atoms with Gasteiger partial charge in [0.05, 0.1) is 0 Å². The second kappa shape index (κ2) is 10.4. The summed E-state index contributed by atoms with van der Waals surface area (Å²) in [7, 11) is 0. The van der Waals surface area contributed by atoms with Crippen molar-refractivity contribution in [1.29, 1.82) is 0 Å². The molecule has 2 aromatic heterocycles. The van der Waals surface area contributed by atoms with Crippen LogP contribution in [0.4, 0.5) is 0 Å². The van der Waals surface area contributed by atoms with Crippen LogP contribution in [0, 0.1) is 0 Å². The summed E-state index contributed by atoms with van der Waals surface area (Å²) in [6.45, 7) is 4.67. The fourth-order valence-corrected chi connectivity index (χ4v) is 9.09. The normalized spacial score (nSPS) is 13.2. The van der Waals surface area contributed by atoms with E-state index in [-0.39, 0.29) is 19.9 Å². The average Bonchev–Trinajstić information content (AvgIpc) is 3.65. The van der Waals surface area contributed by atoms with Crippen molar-refractivity contribution in [2.45, 2.75) is 19.3 Å². The van der Waals surface area contributed by atoms with E-state index in [4.69, 9.17) is 19.9 Å². The third-order valence-electron chi connectivity index (χ3n) is 9.17. The first kappa shape index (κ1) is 27.1. The summed E-state index contributed by atoms with van der Waals surface area (Å²) in [4.78, 5) is 20.4. The molecule has 46 heavy (non-hydrogen) atoms. The third-order valence-corrected chi connectivity index (χ3v) is 11.6. The van der Waals surface area contributed by atoms with Gasteiger partial charge in [-0.25, -0.2) is 0 Å². The summed E-state index contributed by atoms with van der Waals surface area (Å²) < 4.78 is 2.47. The van der Waals surface area contributed by atoms with Crippen molar-refractivity contribution in [2.75, 3.05) is 0 Å². The Balaban J connectivity index is 1.23. The van der Waals surface area contributed by atoms with Crippen LogP contribution >= 0.6 is 0 Å². The summed E-state index contributed by atoms with van der Waals surface area (Å²) in [6, 6.07) is 46.8. The van der Waals surface area contributed by atoms with Crippen molar-refractivity contribution >= 4 is 35.1 Å². The second-order valence-electron chi connectivity index (χ2n) is 12.3. The first-order valence-electron chi connectivity index (χ1n) is 15.5. The third kappa shape index (κ3) is 4.28. The van der Waals surface area contributed by atoms with Crippen molar-refractivity contribution in [3.8, 4) is 55.4 Å². The van der Waals surface area contributed by atoms with Crippen molar-refractivity contribution in [3.63, 3.8) is 0 Å². The Morgan fingerprint density at radius 3 is 1.76 bits per heavy atom. The van der Waals surface area contributed by atoms with Crippen molar-refractivity contribution in [2.24, 2.45) is 0 Å². The van der Waals surface area contributed by atoms with E-state index in [0.29, 0.717) is 17.5 Å². The Bertz CT molecular complexity index is 2390. The number of hydrogen-bond donors (Lipinski definition) is 0. The standard InChI is InChI=1S/C41H28N4Se/c1-41(2)33-20-12-11-18-29(33)30-22-21-27(23-34(30)41)40-42-35-24-32(28-17-9-10-19-31(28)36(35)46-40)39-44-37(25-13-5-3-6-14-25)43-38(45-39)26-15-7-4-8-16-26/h3-24H,1-2H3. The van der Waals surface area contributed by atoms with Crippen LogP contribution in [0.5, 0.6) is 0 Å². The van der Waals surface area contributed by atoms with Gasteiger partial charge in [-0.3, -0.25) is 0 Å². The van der Waals surface area contributed by atoms with E-state index in [1.807, 2.05) is 60.7 Å². The molecule has 0 atom stereocenters. The molecule has 0 unspecified atom stereocenters. The molecule has 0 saturated carbocycles. The van der Waals surface area contributed by atoms with Crippen molar-refractivity contribution in [1.82, 2.24) is 19.9 Å². The van der Waals surface area contributed by atoms with Gasteiger partial charge in [-0.05, 0) is 0 Å². The summed E-state index contributed by atoms with van der Waals surface area (Å²) in [6.07, 6.45) is 0. The molecule has 0 spiro atoms. The fraction of sp³-hybridized carbons (Fsp3) is 0.0732. The van der Waals surface area contributed by atoms with E-state index in [2.05, 4.69) is 86.6 Å². The number of benzene rings is 6.